The molecular weight excluding hydrogens is 318 g/mol. The van der Waals surface area contributed by atoms with Gasteiger partial charge in [0, 0.05) is 38.8 Å². The van der Waals surface area contributed by atoms with Crippen LogP contribution in [0.2, 0.25) is 0 Å². The number of nitrogens with zero attached hydrogens (tertiary/aromatic N) is 2. The summed E-state index contributed by atoms with van der Waals surface area (Å²) in [5.41, 5.74) is 0.892. The number of hydrogen-bond acceptors (Lipinski definition) is 5. The maximum atomic E-state index is 13.3. The number of likely N-dealkylation sites (tertiary alicyclic amines) is 1. The SMILES string of the molecule is CCC1CN(C(C(=O)N2CCCC2)c2ccc(O)c(OC)c2)CCN1. The molecule has 2 aliphatic heterocycles. The second kappa shape index (κ2) is 8.06. The Morgan fingerprint density at radius 2 is 2.12 bits per heavy atom. The highest BCUT2D eigenvalue weighted by atomic mass is 16.5. The predicted molar refractivity (Wildman–Crippen MR) is 96.9 cm³/mol. The lowest BCUT2D eigenvalue weighted by Gasteiger charge is -2.39. The van der Waals surface area contributed by atoms with E-state index in [4.69, 9.17) is 4.74 Å². The van der Waals surface area contributed by atoms with E-state index in [2.05, 4.69) is 17.1 Å². The molecule has 2 atom stereocenters. The third-order valence-electron chi connectivity index (χ3n) is 5.32. The summed E-state index contributed by atoms with van der Waals surface area (Å²) in [5, 5.41) is 13.4. The first-order chi connectivity index (χ1) is 12.1. The maximum absolute atomic E-state index is 13.3. The third-order valence-corrected chi connectivity index (χ3v) is 5.32. The normalized spacial score (nSPS) is 22.8. The van der Waals surface area contributed by atoms with E-state index in [1.54, 1.807) is 12.1 Å². The second-order valence-corrected chi connectivity index (χ2v) is 6.92. The van der Waals surface area contributed by atoms with E-state index >= 15 is 0 Å². The van der Waals surface area contributed by atoms with Crippen molar-refractivity contribution in [3.8, 4) is 11.5 Å². The van der Waals surface area contributed by atoms with Gasteiger partial charge in [-0.05, 0) is 37.0 Å². The number of benzene rings is 1. The standard InChI is InChI=1S/C19H29N3O3/c1-3-15-13-22(11-8-20-15)18(19(24)21-9-4-5-10-21)14-6-7-16(23)17(12-14)25-2/h6-7,12,15,18,20,23H,3-5,8-11,13H2,1-2H3. The molecule has 25 heavy (non-hydrogen) atoms. The average Bonchev–Trinajstić information content (AvgIpc) is 3.18. The Morgan fingerprint density at radius 1 is 1.36 bits per heavy atom. The van der Waals surface area contributed by atoms with Crippen LogP contribution in [0.25, 0.3) is 0 Å². The molecule has 0 aromatic heterocycles. The fraction of sp³-hybridized carbons (Fsp3) is 0.632. The molecular formula is C19H29N3O3. The molecule has 1 amide bonds. The van der Waals surface area contributed by atoms with Gasteiger partial charge in [0.2, 0.25) is 5.91 Å². The molecule has 0 radical (unpaired) electrons. The summed E-state index contributed by atoms with van der Waals surface area (Å²) in [6.45, 7) is 6.43. The van der Waals surface area contributed by atoms with Crippen LogP contribution in [0.4, 0.5) is 0 Å². The minimum absolute atomic E-state index is 0.102. The second-order valence-electron chi connectivity index (χ2n) is 6.92. The lowest BCUT2D eigenvalue weighted by molar-refractivity contribution is -0.136. The zero-order valence-corrected chi connectivity index (χ0v) is 15.2. The van der Waals surface area contributed by atoms with Crippen molar-refractivity contribution in [2.45, 2.75) is 38.3 Å². The van der Waals surface area contributed by atoms with E-state index in [9.17, 15) is 9.90 Å². The van der Waals surface area contributed by atoms with Gasteiger partial charge in [-0.2, -0.15) is 0 Å². The smallest absolute Gasteiger partial charge is 0.244 e. The van der Waals surface area contributed by atoms with Crippen molar-refractivity contribution in [1.82, 2.24) is 15.1 Å². The van der Waals surface area contributed by atoms with E-state index in [1.807, 2.05) is 11.0 Å². The Hall–Kier alpha value is -1.79. The van der Waals surface area contributed by atoms with E-state index in [-0.39, 0.29) is 17.7 Å². The number of methoxy groups -OCH3 is 1. The van der Waals surface area contributed by atoms with Gasteiger partial charge in [-0.25, -0.2) is 0 Å². The topological polar surface area (TPSA) is 65.0 Å². The van der Waals surface area contributed by atoms with E-state index in [0.717, 1.165) is 57.5 Å². The minimum atomic E-state index is -0.316. The molecule has 3 rings (SSSR count). The zero-order chi connectivity index (χ0) is 17.8. The van der Waals surface area contributed by atoms with Crippen LogP contribution >= 0.6 is 0 Å². The first kappa shape index (κ1) is 18.0. The number of phenols is 1. The molecule has 6 nitrogen and oxygen atoms in total. The average molecular weight is 347 g/mol. The monoisotopic (exact) mass is 347 g/mol. The fourth-order valence-corrected chi connectivity index (χ4v) is 3.84. The fourth-order valence-electron chi connectivity index (χ4n) is 3.84. The summed E-state index contributed by atoms with van der Waals surface area (Å²) in [7, 11) is 1.54. The quantitative estimate of drug-likeness (QED) is 0.850. The Labute approximate surface area is 149 Å². The molecule has 1 aromatic carbocycles. The van der Waals surface area contributed by atoms with Crippen LogP contribution in [-0.4, -0.2) is 66.7 Å². The highest BCUT2D eigenvalue weighted by Gasteiger charge is 2.35. The Bertz CT molecular complexity index is 602. The Kier molecular flexibility index (Phi) is 5.81. The molecule has 0 spiro atoms. The largest absolute Gasteiger partial charge is 0.504 e. The third kappa shape index (κ3) is 3.90. The summed E-state index contributed by atoms with van der Waals surface area (Å²) >= 11 is 0. The first-order valence-electron chi connectivity index (χ1n) is 9.27. The number of carbonyl (C=O) groups is 1. The van der Waals surface area contributed by atoms with Crippen LogP contribution in [0.15, 0.2) is 18.2 Å². The number of ether oxygens (including phenoxy) is 1. The Balaban J connectivity index is 1.92. The number of phenolic OH excluding ortho intramolecular Hbond substituents is 1. The van der Waals surface area contributed by atoms with Gasteiger partial charge in [-0.1, -0.05) is 13.0 Å². The van der Waals surface area contributed by atoms with Gasteiger partial charge in [0.1, 0.15) is 6.04 Å². The highest BCUT2D eigenvalue weighted by Crippen LogP contribution is 2.33. The minimum Gasteiger partial charge on any atom is -0.504 e. The van der Waals surface area contributed by atoms with Crippen LogP contribution in [0.1, 0.15) is 37.8 Å². The maximum Gasteiger partial charge on any atom is 0.244 e. The highest BCUT2D eigenvalue weighted by molar-refractivity contribution is 5.84. The van der Waals surface area contributed by atoms with Gasteiger partial charge < -0.3 is 20.1 Å². The van der Waals surface area contributed by atoms with E-state index in [1.165, 1.54) is 7.11 Å². The molecule has 2 heterocycles. The summed E-state index contributed by atoms with van der Waals surface area (Å²) in [6, 6.07) is 5.36. The molecule has 2 unspecified atom stereocenters. The molecule has 6 heteroatoms. The van der Waals surface area contributed by atoms with Gasteiger partial charge >= 0.3 is 0 Å². The van der Waals surface area contributed by atoms with Crippen molar-refractivity contribution in [3.63, 3.8) is 0 Å². The van der Waals surface area contributed by atoms with Crippen molar-refractivity contribution in [3.05, 3.63) is 23.8 Å². The van der Waals surface area contributed by atoms with Crippen molar-refractivity contribution < 1.29 is 14.6 Å². The first-order valence-corrected chi connectivity index (χ1v) is 9.27. The summed E-state index contributed by atoms with van der Waals surface area (Å²) in [6.07, 6.45) is 3.20. The number of rotatable bonds is 5. The van der Waals surface area contributed by atoms with Crippen LogP contribution < -0.4 is 10.1 Å². The number of nitrogens with one attached hydrogen (secondary N) is 1. The molecule has 138 valence electrons. The molecule has 2 aliphatic rings. The van der Waals surface area contributed by atoms with Crippen molar-refractivity contribution in [2.24, 2.45) is 0 Å². The van der Waals surface area contributed by atoms with Crippen molar-refractivity contribution in [1.29, 1.82) is 0 Å². The molecule has 2 fully saturated rings. The van der Waals surface area contributed by atoms with E-state index < -0.39 is 0 Å². The zero-order valence-electron chi connectivity index (χ0n) is 15.2. The van der Waals surface area contributed by atoms with Crippen LogP contribution in [0.5, 0.6) is 11.5 Å². The number of hydrogen-bond donors (Lipinski definition) is 2. The molecule has 1 aromatic rings. The van der Waals surface area contributed by atoms with E-state index in [0.29, 0.717) is 11.8 Å². The van der Waals surface area contributed by atoms with Gasteiger partial charge in [-0.15, -0.1) is 0 Å². The van der Waals surface area contributed by atoms with Gasteiger partial charge in [0.25, 0.3) is 0 Å². The van der Waals surface area contributed by atoms with Gasteiger partial charge in [0.15, 0.2) is 11.5 Å². The van der Waals surface area contributed by atoms with Gasteiger partial charge in [0.05, 0.1) is 7.11 Å². The van der Waals surface area contributed by atoms with Crippen LogP contribution in [0.3, 0.4) is 0 Å². The van der Waals surface area contributed by atoms with Crippen molar-refractivity contribution >= 4 is 5.91 Å². The van der Waals surface area contributed by atoms with Gasteiger partial charge in [-0.3, -0.25) is 9.69 Å². The lowest BCUT2D eigenvalue weighted by atomic mass is 10.0. The Morgan fingerprint density at radius 3 is 2.80 bits per heavy atom. The molecule has 2 N–H and O–H groups in total. The summed E-state index contributed by atoms with van der Waals surface area (Å²) < 4.78 is 5.26. The molecule has 0 bridgehead atoms. The van der Waals surface area contributed by atoms with Crippen LogP contribution in [0, 0.1) is 0 Å². The number of amides is 1. The number of aromatic hydroxyl groups is 1. The summed E-state index contributed by atoms with van der Waals surface area (Å²) in [4.78, 5) is 17.5. The predicted octanol–water partition coefficient (Wildman–Crippen LogP) is 1.75. The summed E-state index contributed by atoms with van der Waals surface area (Å²) in [5.74, 6) is 0.686. The molecule has 2 saturated heterocycles. The lowest BCUT2D eigenvalue weighted by Crippen LogP contribution is -2.54. The molecule has 0 aliphatic carbocycles. The number of carbonyl (C=O) groups excluding carboxylic acids is 1. The van der Waals surface area contributed by atoms with Crippen molar-refractivity contribution in [2.75, 3.05) is 39.8 Å². The van der Waals surface area contributed by atoms with Crippen LogP contribution in [-0.2, 0) is 4.79 Å². The number of piperazine rings is 1. The molecule has 0 saturated carbocycles.